The molecule has 1 fully saturated rings. The van der Waals surface area contributed by atoms with E-state index in [4.69, 9.17) is 10.5 Å². The highest BCUT2D eigenvalue weighted by Crippen LogP contribution is 2.21. The molecule has 9 nitrogen and oxygen atoms in total. The molecule has 3 N–H and O–H groups in total. The number of nitrogens with zero attached hydrogens (tertiary/aromatic N) is 3. The van der Waals surface area contributed by atoms with Crippen molar-refractivity contribution < 1.29 is 14.5 Å². The van der Waals surface area contributed by atoms with Crippen molar-refractivity contribution in [1.29, 1.82) is 0 Å². The van der Waals surface area contributed by atoms with Crippen molar-refractivity contribution in [3.8, 4) is 0 Å². The van der Waals surface area contributed by atoms with Crippen molar-refractivity contribution >= 4 is 23.2 Å². The predicted molar refractivity (Wildman–Crippen MR) is 75.8 cm³/mol. The van der Waals surface area contributed by atoms with Crippen molar-refractivity contribution in [3.05, 3.63) is 22.2 Å². The first kappa shape index (κ1) is 15.0. The van der Waals surface area contributed by atoms with E-state index in [-0.39, 0.29) is 17.4 Å². The van der Waals surface area contributed by atoms with E-state index in [9.17, 15) is 14.9 Å². The zero-order valence-corrected chi connectivity index (χ0v) is 11.6. The van der Waals surface area contributed by atoms with Crippen molar-refractivity contribution in [1.82, 2.24) is 9.88 Å². The molecule has 1 aromatic heterocycles. The molecule has 2 rings (SSSR count). The average Bonchev–Trinajstić information content (AvgIpc) is 2.47. The van der Waals surface area contributed by atoms with E-state index in [2.05, 4.69) is 10.3 Å². The van der Waals surface area contributed by atoms with Crippen molar-refractivity contribution in [2.75, 3.05) is 37.4 Å². The number of hydrogen-bond acceptors (Lipinski definition) is 7. The number of aromatic nitrogens is 1. The minimum Gasteiger partial charge on any atom is -0.378 e. The Morgan fingerprint density at radius 3 is 2.76 bits per heavy atom. The lowest BCUT2D eigenvalue weighted by Gasteiger charge is -2.29. The van der Waals surface area contributed by atoms with Gasteiger partial charge in [0.2, 0.25) is 11.7 Å². The van der Waals surface area contributed by atoms with Crippen LogP contribution in [0.5, 0.6) is 0 Å². The van der Waals surface area contributed by atoms with E-state index in [0.717, 1.165) is 0 Å². The fraction of sp³-hybridized carbons (Fsp3) is 0.500. The number of carbonyl (C=O) groups is 1. The normalized spacial score (nSPS) is 16.3. The van der Waals surface area contributed by atoms with Gasteiger partial charge in [0.25, 0.3) is 0 Å². The Bertz CT molecular complexity index is 544. The number of amides is 1. The molecule has 0 radical (unpaired) electrons. The van der Waals surface area contributed by atoms with Gasteiger partial charge in [-0.25, -0.2) is 4.98 Å². The minimum absolute atomic E-state index is 0.0722. The van der Waals surface area contributed by atoms with Gasteiger partial charge in [-0.1, -0.05) is 0 Å². The lowest BCUT2D eigenvalue weighted by atomic mass is 10.2. The zero-order chi connectivity index (χ0) is 15.4. The maximum atomic E-state index is 12.2. The molecule has 1 aromatic rings. The Labute approximate surface area is 121 Å². The fourth-order valence-electron chi connectivity index (χ4n) is 2.04. The third-order valence-electron chi connectivity index (χ3n) is 3.16. The summed E-state index contributed by atoms with van der Waals surface area (Å²) in [6, 6.07) is 2.19. The van der Waals surface area contributed by atoms with Crippen LogP contribution < -0.4 is 11.1 Å². The first-order valence-electron chi connectivity index (χ1n) is 6.53. The topological polar surface area (TPSA) is 124 Å². The number of nitrogens with two attached hydrogens (primary N) is 1. The number of anilines is 2. The minimum atomic E-state index is -0.603. The van der Waals surface area contributed by atoms with Crippen LogP contribution in [0.2, 0.25) is 0 Å². The molecule has 1 saturated heterocycles. The molecule has 1 atom stereocenters. The Hall–Kier alpha value is -2.42. The number of nitrogens with one attached hydrogen (secondary N) is 1. The summed E-state index contributed by atoms with van der Waals surface area (Å²) in [6.45, 7) is 3.88. The molecule has 1 aliphatic rings. The standard InChI is InChI=1S/C12H17N5O4/c1-8(12(18)16-4-6-21-7-5-16)14-10-3-2-9(17(19)20)11(13)15-10/h2-3,8H,4-7H2,1H3,(H3,13,14,15). The second kappa shape index (κ2) is 6.35. The van der Waals surface area contributed by atoms with Gasteiger partial charge in [-0.15, -0.1) is 0 Å². The van der Waals surface area contributed by atoms with E-state index < -0.39 is 11.0 Å². The van der Waals surface area contributed by atoms with Gasteiger partial charge in [-0.2, -0.15) is 0 Å². The van der Waals surface area contributed by atoms with E-state index in [0.29, 0.717) is 32.1 Å². The lowest BCUT2D eigenvalue weighted by Crippen LogP contribution is -2.47. The summed E-state index contributed by atoms with van der Waals surface area (Å²) in [4.78, 5) is 27.9. The van der Waals surface area contributed by atoms with Crippen LogP contribution in [-0.2, 0) is 9.53 Å². The van der Waals surface area contributed by atoms with Gasteiger partial charge in [-0.05, 0) is 13.0 Å². The smallest absolute Gasteiger partial charge is 0.311 e. The molecule has 0 saturated carbocycles. The van der Waals surface area contributed by atoms with E-state index >= 15 is 0 Å². The second-order valence-corrected chi connectivity index (χ2v) is 4.66. The number of nitrogen functional groups attached to an aromatic ring is 1. The van der Waals surface area contributed by atoms with Gasteiger partial charge in [0.05, 0.1) is 18.1 Å². The van der Waals surface area contributed by atoms with Crippen LogP contribution in [0.25, 0.3) is 0 Å². The van der Waals surface area contributed by atoms with Crippen molar-refractivity contribution in [3.63, 3.8) is 0 Å². The van der Waals surface area contributed by atoms with Gasteiger partial charge in [0.1, 0.15) is 11.9 Å². The molecule has 0 spiro atoms. The van der Waals surface area contributed by atoms with Crippen LogP contribution in [0.15, 0.2) is 12.1 Å². The molecule has 1 amide bonds. The molecule has 9 heteroatoms. The quantitative estimate of drug-likeness (QED) is 0.602. The zero-order valence-electron chi connectivity index (χ0n) is 11.6. The van der Waals surface area contributed by atoms with Gasteiger partial charge >= 0.3 is 5.69 Å². The molecular formula is C12H17N5O4. The summed E-state index contributed by atoms with van der Waals surface area (Å²) in [5, 5.41) is 13.6. The number of hydrogen-bond donors (Lipinski definition) is 2. The first-order chi connectivity index (χ1) is 9.99. The van der Waals surface area contributed by atoms with Gasteiger partial charge < -0.3 is 20.7 Å². The van der Waals surface area contributed by atoms with Crippen LogP contribution in [0.1, 0.15) is 6.92 Å². The summed E-state index contributed by atoms with van der Waals surface area (Å²) in [7, 11) is 0. The third kappa shape index (κ3) is 3.57. The SMILES string of the molecule is CC(Nc1ccc([N+](=O)[O-])c(N)n1)C(=O)N1CCOCC1. The largest absolute Gasteiger partial charge is 0.378 e. The van der Waals surface area contributed by atoms with Gasteiger partial charge in [0, 0.05) is 19.2 Å². The molecule has 0 aromatic carbocycles. The number of nitro groups is 1. The Balaban J connectivity index is 2.01. The number of carbonyl (C=O) groups excluding carboxylic acids is 1. The van der Waals surface area contributed by atoms with Crippen LogP contribution in [0.3, 0.4) is 0 Å². The number of morpholine rings is 1. The van der Waals surface area contributed by atoms with Crippen molar-refractivity contribution in [2.45, 2.75) is 13.0 Å². The molecule has 1 aliphatic heterocycles. The number of rotatable bonds is 4. The van der Waals surface area contributed by atoms with E-state index in [1.165, 1.54) is 12.1 Å². The third-order valence-corrected chi connectivity index (χ3v) is 3.16. The molecule has 1 unspecified atom stereocenters. The average molecular weight is 295 g/mol. The second-order valence-electron chi connectivity index (χ2n) is 4.66. The number of ether oxygens (including phenoxy) is 1. The van der Waals surface area contributed by atoms with E-state index in [1.807, 2.05) is 0 Å². The fourth-order valence-corrected chi connectivity index (χ4v) is 2.04. The predicted octanol–water partition coefficient (Wildman–Crippen LogP) is 0.231. The molecule has 0 aliphatic carbocycles. The maximum Gasteiger partial charge on any atom is 0.311 e. The summed E-state index contributed by atoms with van der Waals surface area (Å²) >= 11 is 0. The van der Waals surface area contributed by atoms with Gasteiger partial charge in [-0.3, -0.25) is 14.9 Å². The number of pyridine rings is 1. The van der Waals surface area contributed by atoms with Crippen LogP contribution in [-0.4, -0.2) is 53.1 Å². The molecule has 0 bridgehead atoms. The highest BCUT2D eigenvalue weighted by atomic mass is 16.6. The highest BCUT2D eigenvalue weighted by Gasteiger charge is 2.23. The summed E-state index contributed by atoms with van der Waals surface area (Å²) in [6.07, 6.45) is 0. The molecule has 21 heavy (non-hydrogen) atoms. The summed E-state index contributed by atoms with van der Waals surface area (Å²) in [5.74, 6) is 0.0697. The summed E-state index contributed by atoms with van der Waals surface area (Å²) < 4.78 is 5.19. The van der Waals surface area contributed by atoms with E-state index in [1.54, 1.807) is 11.8 Å². The monoisotopic (exact) mass is 295 g/mol. The van der Waals surface area contributed by atoms with Gasteiger partial charge in [0.15, 0.2) is 0 Å². The van der Waals surface area contributed by atoms with Crippen LogP contribution in [0, 0.1) is 10.1 Å². The molecular weight excluding hydrogens is 278 g/mol. The first-order valence-corrected chi connectivity index (χ1v) is 6.53. The Kier molecular flexibility index (Phi) is 4.53. The maximum absolute atomic E-state index is 12.2. The Morgan fingerprint density at radius 1 is 1.52 bits per heavy atom. The van der Waals surface area contributed by atoms with Crippen LogP contribution >= 0.6 is 0 Å². The van der Waals surface area contributed by atoms with Crippen molar-refractivity contribution in [2.24, 2.45) is 0 Å². The summed E-state index contributed by atoms with van der Waals surface area (Å²) in [5.41, 5.74) is 5.26. The van der Waals surface area contributed by atoms with Crippen LogP contribution in [0.4, 0.5) is 17.3 Å². The Morgan fingerprint density at radius 2 is 2.19 bits per heavy atom. The lowest BCUT2D eigenvalue weighted by molar-refractivity contribution is -0.384. The highest BCUT2D eigenvalue weighted by molar-refractivity contribution is 5.84. The molecule has 114 valence electrons. The molecule has 2 heterocycles.